The van der Waals surface area contributed by atoms with Crippen molar-refractivity contribution >= 4 is 56.5 Å². The number of hydrogen-bond donors (Lipinski definition) is 1. The van der Waals surface area contributed by atoms with E-state index in [1.807, 2.05) is 6.07 Å². The van der Waals surface area contributed by atoms with Crippen LogP contribution < -0.4 is 19.9 Å². The van der Waals surface area contributed by atoms with Gasteiger partial charge in [-0.2, -0.15) is 0 Å². The first-order valence-electron chi connectivity index (χ1n) is 10.2. The molecule has 1 N–H and O–H groups in total. The van der Waals surface area contributed by atoms with E-state index < -0.39 is 12.2 Å². The highest BCUT2D eigenvalue weighted by Crippen LogP contribution is 2.40. The Hall–Kier alpha value is -2.63. The Morgan fingerprint density at radius 2 is 2.09 bits per heavy atom. The maximum atomic E-state index is 12.7. The summed E-state index contributed by atoms with van der Waals surface area (Å²) in [6.07, 6.45) is -0.419. The average Bonchev–Trinajstić information content (AvgIpc) is 3.29. The Morgan fingerprint density at radius 1 is 1.22 bits per heavy atom. The molecule has 0 aliphatic carbocycles. The monoisotopic (exact) mass is 521 g/mol. The first-order chi connectivity index (χ1) is 15.5. The van der Waals surface area contributed by atoms with Crippen LogP contribution in [0.4, 0.5) is 16.2 Å². The number of carbonyl (C=O) groups is 3. The van der Waals surface area contributed by atoms with Crippen LogP contribution >= 0.6 is 27.3 Å². The van der Waals surface area contributed by atoms with E-state index >= 15 is 0 Å². The van der Waals surface area contributed by atoms with Gasteiger partial charge in [0.05, 0.1) is 40.2 Å². The number of thiophene rings is 1. The molecule has 2 saturated heterocycles. The van der Waals surface area contributed by atoms with Gasteiger partial charge >= 0.3 is 6.09 Å². The minimum absolute atomic E-state index is 0.0499. The van der Waals surface area contributed by atoms with Crippen molar-refractivity contribution < 1.29 is 28.6 Å². The third-order valence-electron chi connectivity index (χ3n) is 5.64. The Bertz CT molecular complexity index is 1080. The summed E-state index contributed by atoms with van der Waals surface area (Å²) in [5.41, 5.74) is 1.30. The molecule has 2 fully saturated rings. The van der Waals surface area contributed by atoms with Gasteiger partial charge in [0.2, 0.25) is 0 Å². The molecule has 2 aromatic rings. The minimum Gasteiger partial charge on any atom is -0.491 e. The van der Waals surface area contributed by atoms with Gasteiger partial charge in [-0.3, -0.25) is 14.5 Å². The molecular weight excluding hydrogens is 502 g/mol. The van der Waals surface area contributed by atoms with Gasteiger partial charge in [0.1, 0.15) is 18.5 Å². The van der Waals surface area contributed by atoms with Gasteiger partial charge in [0.25, 0.3) is 11.8 Å². The van der Waals surface area contributed by atoms with Crippen LogP contribution in [0, 0.1) is 0 Å². The molecule has 0 radical (unpaired) electrons. The van der Waals surface area contributed by atoms with Crippen molar-refractivity contribution in [1.82, 2.24) is 5.32 Å². The van der Waals surface area contributed by atoms with E-state index in [1.54, 1.807) is 34.1 Å². The van der Waals surface area contributed by atoms with E-state index in [9.17, 15) is 14.4 Å². The molecule has 0 saturated carbocycles. The van der Waals surface area contributed by atoms with E-state index in [-0.39, 0.29) is 31.0 Å². The molecule has 32 heavy (non-hydrogen) atoms. The van der Waals surface area contributed by atoms with Crippen LogP contribution in [0.5, 0.6) is 5.75 Å². The molecule has 0 bridgehead atoms. The molecule has 2 atom stereocenters. The quantitative estimate of drug-likeness (QED) is 0.664. The summed E-state index contributed by atoms with van der Waals surface area (Å²) in [4.78, 5) is 41.1. The van der Waals surface area contributed by atoms with Crippen molar-refractivity contribution in [2.75, 3.05) is 42.7 Å². The number of morpholine rings is 1. The van der Waals surface area contributed by atoms with Gasteiger partial charge in [0, 0.05) is 24.7 Å². The summed E-state index contributed by atoms with van der Waals surface area (Å²) < 4.78 is 17.6. The van der Waals surface area contributed by atoms with Crippen LogP contribution in [0.3, 0.4) is 0 Å². The topological polar surface area (TPSA) is 97.4 Å². The summed E-state index contributed by atoms with van der Waals surface area (Å²) in [5, 5.41) is 2.86. The second-order valence-electron chi connectivity index (χ2n) is 7.56. The van der Waals surface area contributed by atoms with Crippen LogP contribution in [0.1, 0.15) is 16.1 Å². The third kappa shape index (κ3) is 3.96. The number of halogens is 1. The number of ether oxygens (including phenoxy) is 3. The van der Waals surface area contributed by atoms with Gasteiger partial charge in [-0.15, -0.1) is 11.3 Å². The smallest absolute Gasteiger partial charge is 0.415 e. The first kappa shape index (κ1) is 21.2. The van der Waals surface area contributed by atoms with Gasteiger partial charge in [-0.1, -0.05) is 0 Å². The maximum absolute atomic E-state index is 12.7. The van der Waals surface area contributed by atoms with Gasteiger partial charge in [0.15, 0.2) is 0 Å². The highest BCUT2D eigenvalue weighted by Gasteiger charge is 2.45. The molecule has 5 rings (SSSR count). The predicted molar refractivity (Wildman–Crippen MR) is 121 cm³/mol. The van der Waals surface area contributed by atoms with Crippen molar-refractivity contribution in [3.05, 3.63) is 39.0 Å². The van der Waals surface area contributed by atoms with E-state index in [4.69, 9.17) is 14.2 Å². The third-order valence-corrected chi connectivity index (χ3v) is 7.26. The summed E-state index contributed by atoms with van der Waals surface area (Å²) in [6, 6.07) is 8.63. The average molecular weight is 522 g/mol. The standard InChI is InChI=1S/C21H20BrN3O6S/c22-18-4-3-17(32-18)20(27)23-10-16-14-5-7-30-15-9-12(24-6-8-29-11-19(24)26)1-2-13(15)25(14)21(28)31-16/h1-4,9,14,16H,5-8,10-11H2,(H,23,27)/t14-,16-/m0/s1. The second-order valence-corrected chi connectivity index (χ2v) is 10.0. The largest absolute Gasteiger partial charge is 0.491 e. The normalized spacial score (nSPS) is 22.5. The number of nitrogens with zero attached hydrogens (tertiary/aromatic N) is 2. The fourth-order valence-electron chi connectivity index (χ4n) is 4.12. The van der Waals surface area contributed by atoms with Gasteiger partial charge in [-0.05, 0) is 40.2 Å². The SMILES string of the molecule is O=C(NC[C@@H]1OC(=O)N2c3ccc(N4CCOCC4=O)cc3OCC[C@@H]12)c1ccc(Br)s1. The van der Waals surface area contributed by atoms with Gasteiger partial charge in [-0.25, -0.2) is 4.79 Å². The first-order valence-corrected chi connectivity index (χ1v) is 11.8. The number of hydrogen-bond acceptors (Lipinski definition) is 7. The second kappa shape index (κ2) is 8.72. The maximum Gasteiger partial charge on any atom is 0.415 e. The molecule has 0 unspecified atom stereocenters. The molecule has 3 aliphatic heterocycles. The molecule has 1 aromatic carbocycles. The zero-order chi connectivity index (χ0) is 22.2. The number of amides is 3. The van der Waals surface area contributed by atoms with Crippen molar-refractivity contribution in [3.63, 3.8) is 0 Å². The molecule has 4 heterocycles. The lowest BCUT2D eigenvalue weighted by atomic mass is 10.1. The lowest BCUT2D eigenvalue weighted by Crippen LogP contribution is -2.42. The molecule has 1 aromatic heterocycles. The summed E-state index contributed by atoms with van der Waals surface area (Å²) in [6.45, 7) is 1.58. The predicted octanol–water partition coefficient (Wildman–Crippen LogP) is 2.78. The number of benzene rings is 1. The van der Waals surface area contributed by atoms with Crippen molar-refractivity contribution in [2.24, 2.45) is 0 Å². The Kier molecular flexibility index (Phi) is 5.78. The lowest BCUT2D eigenvalue weighted by Gasteiger charge is -2.28. The van der Waals surface area contributed by atoms with E-state index in [0.29, 0.717) is 48.2 Å². The molecule has 168 valence electrons. The Balaban J connectivity index is 1.33. The minimum atomic E-state index is -0.495. The van der Waals surface area contributed by atoms with Crippen molar-refractivity contribution in [1.29, 1.82) is 0 Å². The molecule has 3 aliphatic rings. The van der Waals surface area contributed by atoms with E-state index in [2.05, 4.69) is 21.2 Å². The summed E-state index contributed by atoms with van der Waals surface area (Å²) >= 11 is 4.69. The van der Waals surface area contributed by atoms with E-state index in [0.717, 1.165) is 3.79 Å². The van der Waals surface area contributed by atoms with Crippen LogP contribution in [-0.4, -0.2) is 63.0 Å². The zero-order valence-electron chi connectivity index (χ0n) is 16.9. The van der Waals surface area contributed by atoms with Crippen LogP contribution in [0.25, 0.3) is 0 Å². The fraction of sp³-hybridized carbons (Fsp3) is 0.381. The fourth-order valence-corrected chi connectivity index (χ4v) is 5.42. The Labute approximate surface area is 196 Å². The number of rotatable bonds is 4. The van der Waals surface area contributed by atoms with Crippen LogP contribution in [-0.2, 0) is 14.3 Å². The van der Waals surface area contributed by atoms with E-state index in [1.165, 1.54) is 11.3 Å². The highest BCUT2D eigenvalue weighted by atomic mass is 79.9. The molecular formula is C21H20BrN3O6S. The number of cyclic esters (lactones) is 1. The Morgan fingerprint density at radius 3 is 2.88 bits per heavy atom. The number of carbonyl (C=O) groups excluding carboxylic acids is 3. The number of nitrogens with one attached hydrogen (secondary N) is 1. The molecule has 9 nitrogen and oxygen atoms in total. The summed E-state index contributed by atoms with van der Waals surface area (Å²) in [5.74, 6) is 0.200. The number of anilines is 2. The van der Waals surface area contributed by atoms with Crippen molar-refractivity contribution in [3.8, 4) is 5.75 Å². The highest BCUT2D eigenvalue weighted by molar-refractivity contribution is 9.11. The molecule has 11 heteroatoms. The lowest BCUT2D eigenvalue weighted by molar-refractivity contribution is -0.125. The molecule has 0 spiro atoms. The summed E-state index contributed by atoms with van der Waals surface area (Å²) in [7, 11) is 0. The molecule has 3 amide bonds. The van der Waals surface area contributed by atoms with Crippen LogP contribution in [0.15, 0.2) is 34.1 Å². The van der Waals surface area contributed by atoms with Crippen molar-refractivity contribution in [2.45, 2.75) is 18.6 Å². The van der Waals surface area contributed by atoms with Crippen LogP contribution in [0.2, 0.25) is 0 Å². The van der Waals surface area contributed by atoms with Gasteiger partial charge < -0.3 is 24.4 Å². The number of fused-ring (bicyclic) bond motifs is 3. The zero-order valence-corrected chi connectivity index (χ0v) is 19.3.